The first-order chi connectivity index (χ1) is 10.2. The van der Waals surface area contributed by atoms with Crippen LogP contribution < -0.4 is 10.1 Å². The van der Waals surface area contributed by atoms with Gasteiger partial charge < -0.3 is 10.1 Å². The number of hydrogen-bond donors (Lipinski definition) is 1. The highest BCUT2D eigenvalue weighted by atomic mass is 79.9. The van der Waals surface area contributed by atoms with E-state index in [1.807, 2.05) is 12.1 Å². The quantitative estimate of drug-likeness (QED) is 0.805. The second kappa shape index (κ2) is 7.62. The summed E-state index contributed by atoms with van der Waals surface area (Å²) in [6, 6.07) is 15.0. The molecule has 2 rings (SSSR count). The van der Waals surface area contributed by atoms with Gasteiger partial charge in [-0.3, -0.25) is 0 Å². The van der Waals surface area contributed by atoms with E-state index in [1.54, 1.807) is 7.11 Å². The van der Waals surface area contributed by atoms with Gasteiger partial charge in [0.1, 0.15) is 5.75 Å². The third-order valence-corrected chi connectivity index (χ3v) is 4.41. The Morgan fingerprint density at radius 2 is 1.90 bits per heavy atom. The van der Waals surface area contributed by atoms with Crippen molar-refractivity contribution < 1.29 is 4.74 Å². The molecule has 1 atom stereocenters. The van der Waals surface area contributed by atoms with Crippen LogP contribution in [0.2, 0.25) is 0 Å². The molecule has 3 heteroatoms. The van der Waals surface area contributed by atoms with Gasteiger partial charge in [0.05, 0.1) is 13.2 Å². The summed E-state index contributed by atoms with van der Waals surface area (Å²) in [6.45, 7) is 5.27. The van der Waals surface area contributed by atoms with Crippen LogP contribution in [0, 0.1) is 6.92 Å². The van der Waals surface area contributed by atoms with Crippen molar-refractivity contribution in [2.45, 2.75) is 26.3 Å². The van der Waals surface area contributed by atoms with Gasteiger partial charge in [0.2, 0.25) is 0 Å². The van der Waals surface area contributed by atoms with Gasteiger partial charge in [-0.05, 0) is 54.8 Å². The number of ether oxygens (including phenoxy) is 1. The first-order valence-corrected chi connectivity index (χ1v) is 8.08. The van der Waals surface area contributed by atoms with E-state index in [1.165, 1.54) is 16.7 Å². The predicted octanol–water partition coefficient (Wildman–Crippen LogP) is 4.86. The van der Waals surface area contributed by atoms with E-state index in [2.05, 4.69) is 65.4 Å². The van der Waals surface area contributed by atoms with Crippen LogP contribution in [0.1, 0.15) is 36.1 Å². The molecule has 0 radical (unpaired) electrons. The van der Waals surface area contributed by atoms with E-state index in [9.17, 15) is 0 Å². The summed E-state index contributed by atoms with van der Waals surface area (Å²) in [5, 5.41) is 3.62. The first-order valence-electron chi connectivity index (χ1n) is 7.29. The van der Waals surface area contributed by atoms with E-state index in [0.717, 1.165) is 23.2 Å². The minimum absolute atomic E-state index is 0.178. The Kier molecular flexibility index (Phi) is 5.83. The summed E-state index contributed by atoms with van der Waals surface area (Å²) < 4.78 is 6.50. The number of halogens is 1. The topological polar surface area (TPSA) is 21.3 Å². The zero-order valence-electron chi connectivity index (χ0n) is 12.8. The van der Waals surface area contributed by atoms with Gasteiger partial charge in [-0.25, -0.2) is 0 Å². The average molecular weight is 348 g/mol. The highest BCUT2D eigenvalue weighted by molar-refractivity contribution is 9.10. The van der Waals surface area contributed by atoms with Crippen LogP contribution in [-0.2, 0) is 0 Å². The molecule has 21 heavy (non-hydrogen) atoms. The largest absolute Gasteiger partial charge is 0.497 e. The summed E-state index contributed by atoms with van der Waals surface area (Å²) in [4.78, 5) is 0. The van der Waals surface area contributed by atoms with Crippen molar-refractivity contribution in [2.75, 3.05) is 13.7 Å². The molecule has 0 saturated carbocycles. The van der Waals surface area contributed by atoms with Crippen LogP contribution in [-0.4, -0.2) is 13.7 Å². The van der Waals surface area contributed by atoms with Gasteiger partial charge in [-0.15, -0.1) is 0 Å². The molecule has 0 fully saturated rings. The Bertz CT molecular complexity index is 598. The van der Waals surface area contributed by atoms with Gasteiger partial charge in [0.25, 0.3) is 0 Å². The zero-order valence-corrected chi connectivity index (χ0v) is 14.4. The monoisotopic (exact) mass is 347 g/mol. The molecule has 2 aromatic carbocycles. The molecular weight excluding hydrogens is 326 g/mol. The second-order valence-corrected chi connectivity index (χ2v) is 6.03. The van der Waals surface area contributed by atoms with Crippen LogP contribution in [0.5, 0.6) is 5.75 Å². The van der Waals surface area contributed by atoms with Gasteiger partial charge in [-0.2, -0.15) is 0 Å². The Labute approximate surface area is 135 Å². The molecule has 0 aromatic heterocycles. The van der Waals surface area contributed by atoms with E-state index >= 15 is 0 Å². The minimum Gasteiger partial charge on any atom is -0.497 e. The Morgan fingerprint density at radius 3 is 2.57 bits per heavy atom. The van der Waals surface area contributed by atoms with E-state index < -0.39 is 0 Å². The standard InChI is InChI=1S/C18H22BrNO/c1-4-10-20-18(14-6-5-7-16(11-14)21-3)15-9-8-13(2)17(19)12-15/h5-9,11-12,18,20H,4,10H2,1-3H3. The van der Waals surface area contributed by atoms with Gasteiger partial charge in [-0.1, -0.05) is 47.1 Å². The number of nitrogens with one attached hydrogen (secondary N) is 1. The van der Waals surface area contributed by atoms with Crippen LogP contribution >= 0.6 is 15.9 Å². The molecule has 0 aliphatic carbocycles. The smallest absolute Gasteiger partial charge is 0.119 e. The summed E-state index contributed by atoms with van der Waals surface area (Å²) >= 11 is 3.63. The lowest BCUT2D eigenvalue weighted by molar-refractivity contribution is 0.413. The van der Waals surface area contributed by atoms with Crippen molar-refractivity contribution in [2.24, 2.45) is 0 Å². The molecule has 0 heterocycles. The molecule has 0 amide bonds. The lowest BCUT2D eigenvalue weighted by Gasteiger charge is -2.21. The third kappa shape index (κ3) is 4.08. The SMILES string of the molecule is CCCNC(c1cccc(OC)c1)c1ccc(C)c(Br)c1. The van der Waals surface area contributed by atoms with E-state index in [0.29, 0.717) is 0 Å². The summed E-state index contributed by atoms with van der Waals surface area (Å²) in [5.41, 5.74) is 3.73. The Morgan fingerprint density at radius 1 is 1.14 bits per heavy atom. The third-order valence-electron chi connectivity index (χ3n) is 3.55. The van der Waals surface area contributed by atoms with Gasteiger partial charge >= 0.3 is 0 Å². The number of aryl methyl sites for hydroxylation is 1. The molecule has 112 valence electrons. The van der Waals surface area contributed by atoms with Crippen LogP contribution in [0.4, 0.5) is 0 Å². The molecule has 2 nitrogen and oxygen atoms in total. The van der Waals surface area contributed by atoms with E-state index in [4.69, 9.17) is 4.74 Å². The number of hydrogen-bond acceptors (Lipinski definition) is 2. The summed E-state index contributed by atoms with van der Waals surface area (Å²) in [6.07, 6.45) is 1.10. The fraction of sp³-hybridized carbons (Fsp3) is 0.333. The van der Waals surface area contributed by atoms with Crippen molar-refractivity contribution in [3.05, 3.63) is 63.6 Å². The zero-order chi connectivity index (χ0) is 15.2. The minimum atomic E-state index is 0.178. The second-order valence-electron chi connectivity index (χ2n) is 5.17. The number of benzene rings is 2. The van der Waals surface area contributed by atoms with Crippen molar-refractivity contribution in [1.29, 1.82) is 0 Å². The van der Waals surface area contributed by atoms with Crippen molar-refractivity contribution >= 4 is 15.9 Å². The van der Waals surface area contributed by atoms with Gasteiger partial charge in [0, 0.05) is 4.47 Å². The lowest BCUT2D eigenvalue weighted by Crippen LogP contribution is -2.23. The lowest BCUT2D eigenvalue weighted by atomic mass is 9.97. The van der Waals surface area contributed by atoms with Crippen LogP contribution in [0.15, 0.2) is 46.9 Å². The van der Waals surface area contributed by atoms with E-state index in [-0.39, 0.29) is 6.04 Å². The Hall–Kier alpha value is -1.32. The molecule has 2 aromatic rings. The molecular formula is C18H22BrNO. The maximum atomic E-state index is 5.35. The molecule has 1 unspecified atom stereocenters. The first kappa shape index (κ1) is 16.1. The van der Waals surface area contributed by atoms with Crippen molar-refractivity contribution in [3.8, 4) is 5.75 Å². The summed E-state index contributed by atoms with van der Waals surface area (Å²) in [7, 11) is 1.70. The van der Waals surface area contributed by atoms with Crippen LogP contribution in [0.3, 0.4) is 0 Å². The van der Waals surface area contributed by atoms with Crippen LogP contribution in [0.25, 0.3) is 0 Å². The maximum absolute atomic E-state index is 5.35. The molecule has 0 saturated heterocycles. The molecule has 0 bridgehead atoms. The molecule has 1 N–H and O–H groups in total. The molecule has 0 aliphatic rings. The fourth-order valence-corrected chi connectivity index (χ4v) is 2.72. The maximum Gasteiger partial charge on any atom is 0.119 e. The Balaban J connectivity index is 2.38. The highest BCUT2D eigenvalue weighted by Crippen LogP contribution is 2.28. The highest BCUT2D eigenvalue weighted by Gasteiger charge is 2.14. The number of rotatable bonds is 6. The molecule has 0 spiro atoms. The number of methoxy groups -OCH3 is 1. The predicted molar refractivity (Wildman–Crippen MR) is 92.0 cm³/mol. The van der Waals surface area contributed by atoms with Gasteiger partial charge in [0.15, 0.2) is 0 Å². The fourth-order valence-electron chi connectivity index (χ4n) is 2.33. The average Bonchev–Trinajstić information content (AvgIpc) is 2.51. The summed E-state index contributed by atoms with van der Waals surface area (Å²) in [5.74, 6) is 0.891. The van der Waals surface area contributed by atoms with Crippen molar-refractivity contribution in [3.63, 3.8) is 0 Å². The van der Waals surface area contributed by atoms with Crippen molar-refractivity contribution in [1.82, 2.24) is 5.32 Å². The molecule has 0 aliphatic heterocycles. The normalized spacial score (nSPS) is 12.2.